The van der Waals surface area contributed by atoms with Gasteiger partial charge in [0.05, 0.1) is 21.2 Å². The molecule has 0 aliphatic carbocycles. The van der Waals surface area contributed by atoms with Crippen molar-refractivity contribution in [2.45, 2.75) is 0 Å². The maximum Gasteiger partial charge on any atom is 0.200 e. The molecule has 6 heavy (non-hydrogen) atoms. The van der Waals surface area contributed by atoms with Gasteiger partial charge in [-0.05, 0) is 0 Å². The van der Waals surface area contributed by atoms with Crippen LogP contribution in [0.1, 0.15) is 0 Å². The molecule has 40 valence electrons. The van der Waals surface area contributed by atoms with E-state index >= 15 is 0 Å². The number of hydrogen-bond acceptors (Lipinski definition) is 2. The molecule has 0 saturated heterocycles. The lowest BCUT2D eigenvalue weighted by Gasteiger charge is -1.66. The zero-order valence-electron chi connectivity index (χ0n) is 3.01. The van der Waals surface area contributed by atoms with Gasteiger partial charge in [0.1, 0.15) is 0 Å². The first-order valence-corrected chi connectivity index (χ1v) is 5.33. The molecule has 0 radical (unpaired) electrons. The van der Waals surface area contributed by atoms with Crippen LogP contribution >= 0.6 is 45.2 Å². The van der Waals surface area contributed by atoms with Crippen molar-refractivity contribution in [3.63, 3.8) is 0 Å². The van der Waals surface area contributed by atoms with E-state index in [1.807, 2.05) is 0 Å². The third-order valence-electron chi connectivity index (χ3n) is 0. The van der Waals surface area contributed by atoms with Crippen LogP contribution in [0.4, 0.5) is 0 Å². The molecule has 0 unspecified atom stereocenters. The average Bonchev–Trinajstić information content (AvgIpc) is 0.722. The third-order valence-corrected chi connectivity index (χ3v) is 0. The van der Waals surface area contributed by atoms with Crippen molar-refractivity contribution in [3.8, 4) is 0 Å². The molecule has 0 atom stereocenters. The lowest BCUT2D eigenvalue weighted by molar-refractivity contribution is 0.617. The van der Waals surface area contributed by atoms with Gasteiger partial charge in [0.15, 0.2) is 7.01 Å². The highest BCUT2D eigenvalue weighted by molar-refractivity contribution is 14.2. The number of hydrogen-bond donors (Lipinski definition) is 0. The molecule has 0 saturated carbocycles. The van der Waals surface area contributed by atoms with Crippen molar-refractivity contribution in [2.75, 3.05) is 6.26 Å². The molecule has 0 heterocycles. The molecule has 0 spiro atoms. The fraction of sp³-hybridized carbons (Fsp3) is 1.00. The minimum Gasteiger partial charge on any atom is -0.219 e. The molecule has 0 N–H and O–H groups in total. The number of rotatable bonds is 0. The highest BCUT2D eigenvalue weighted by atomic mass is 127. The Morgan fingerprint density at radius 2 is 1.50 bits per heavy atom. The molecule has 0 aliphatic heterocycles. The van der Waals surface area contributed by atoms with E-state index in [2.05, 4.69) is 0 Å². The van der Waals surface area contributed by atoms with Gasteiger partial charge in [-0.2, -0.15) is 0 Å². The largest absolute Gasteiger partial charge is 0.219 e. The Hall–Kier alpha value is 1.41. The molecular weight excluding hydrogens is 330 g/mol. The fourth-order valence-electron chi connectivity index (χ4n) is 0. The van der Waals surface area contributed by atoms with Gasteiger partial charge in [-0.3, -0.25) is 0 Å². The van der Waals surface area contributed by atoms with Crippen LogP contribution in [0.15, 0.2) is 0 Å². The van der Waals surface area contributed by atoms with Crippen LogP contribution in [0, 0.1) is 0 Å². The van der Waals surface area contributed by atoms with Gasteiger partial charge < -0.3 is 0 Å². The zero-order valence-corrected chi connectivity index (χ0v) is 8.32. The van der Waals surface area contributed by atoms with E-state index < -0.39 is 7.01 Å². The molecule has 0 aliphatic rings. The summed E-state index contributed by atoms with van der Waals surface area (Å²) in [6.07, 6.45) is 1.15. The van der Waals surface area contributed by atoms with Crippen LogP contribution < -0.4 is 0 Å². The Labute approximate surface area is 66.2 Å². The van der Waals surface area contributed by atoms with Gasteiger partial charge in [0.2, 0.25) is 0 Å². The molecule has 0 rings (SSSR count). The molecule has 0 bridgehead atoms. The highest BCUT2D eigenvalue weighted by Crippen LogP contribution is 1.90. The van der Waals surface area contributed by atoms with E-state index in [0.717, 1.165) is 6.26 Å². The molecule has 0 amide bonds. The smallest absolute Gasteiger partial charge is 0.200 e. The summed E-state index contributed by atoms with van der Waals surface area (Å²) in [5.41, 5.74) is 0. The first kappa shape index (κ1) is 10.4. The predicted octanol–water partition coefficient (Wildman–Crippen LogP) is 0.999. The maximum absolute atomic E-state index is 9.62. The Morgan fingerprint density at radius 3 is 1.50 bits per heavy atom. The topological polar surface area (TPSA) is 34.1 Å². The predicted molar refractivity (Wildman–Crippen MR) is 44.3 cm³/mol. The Balaban J connectivity index is 0. The zero-order chi connectivity index (χ0) is 4.50. The third kappa shape index (κ3) is 52.9. The van der Waals surface area contributed by atoms with Crippen molar-refractivity contribution >= 4 is 52.2 Å². The SMILES string of the molecule is CS(=O)(=O)I.I. The quantitative estimate of drug-likeness (QED) is 0.489. The molecule has 0 aromatic carbocycles. The minimum atomic E-state index is -2.70. The second-order valence-corrected chi connectivity index (χ2v) is 6.84. The van der Waals surface area contributed by atoms with E-state index in [-0.39, 0.29) is 24.0 Å². The lowest BCUT2D eigenvalue weighted by atomic mass is 12.0. The average molecular weight is 334 g/mol. The normalized spacial score (nSPS) is 9.67. The van der Waals surface area contributed by atoms with E-state index in [9.17, 15) is 8.42 Å². The van der Waals surface area contributed by atoms with E-state index in [0.29, 0.717) is 0 Å². The Kier molecular flexibility index (Phi) is 5.92. The van der Waals surface area contributed by atoms with Crippen molar-refractivity contribution < 1.29 is 8.42 Å². The van der Waals surface area contributed by atoms with Crippen LogP contribution in [0.25, 0.3) is 0 Å². The summed E-state index contributed by atoms with van der Waals surface area (Å²) < 4.78 is 19.2. The second-order valence-electron chi connectivity index (χ2n) is 0.682. The summed E-state index contributed by atoms with van der Waals surface area (Å²) in [5, 5.41) is 0. The Morgan fingerprint density at radius 1 is 1.50 bits per heavy atom. The van der Waals surface area contributed by atoms with Crippen LogP contribution in [-0.4, -0.2) is 14.7 Å². The van der Waals surface area contributed by atoms with Crippen molar-refractivity contribution in [2.24, 2.45) is 0 Å². The summed E-state index contributed by atoms with van der Waals surface area (Å²) in [7, 11) is -2.70. The first-order chi connectivity index (χ1) is 2.00. The van der Waals surface area contributed by atoms with Crippen LogP contribution in [0.3, 0.4) is 0 Å². The van der Waals surface area contributed by atoms with Gasteiger partial charge in [0, 0.05) is 6.26 Å². The first-order valence-electron chi connectivity index (χ1n) is 0.896. The van der Waals surface area contributed by atoms with E-state index in [1.165, 1.54) is 21.2 Å². The number of halogens is 2. The standard InChI is InChI=1S/CH3IO2S.HI/c1-5(2,3)4;/h1H3;1H. The van der Waals surface area contributed by atoms with Crippen molar-refractivity contribution in [3.05, 3.63) is 0 Å². The van der Waals surface area contributed by atoms with Crippen molar-refractivity contribution in [1.82, 2.24) is 0 Å². The molecule has 0 aromatic rings. The van der Waals surface area contributed by atoms with Gasteiger partial charge in [-0.25, -0.2) is 8.42 Å². The Bertz CT molecular complexity index is 94.7. The summed E-state index contributed by atoms with van der Waals surface area (Å²) >= 11 is 1.35. The molecule has 0 aromatic heterocycles. The fourth-order valence-corrected chi connectivity index (χ4v) is 0. The maximum atomic E-state index is 9.62. The monoisotopic (exact) mass is 334 g/mol. The van der Waals surface area contributed by atoms with Gasteiger partial charge in [-0.15, -0.1) is 24.0 Å². The highest BCUT2D eigenvalue weighted by Gasteiger charge is 1.82. The molecular formula is CH4I2O2S. The van der Waals surface area contributed by atoms with E-state index in [4.69, 9.17) is 0 Å². The molecule has 0 fully saturated rings. The van der Waals surface area contributed by atoms with Gasteiger partial charge in [0.25, 0.3) is 0 Å². The van der Waals surface area contributed by atoms with E-state index in [1.54, 1.807) is 0 Å². The summed E-state index contributed by atoms with van der Waals surface area (Å²) in [4.78, 5) is 0. The van der Waals surface area contributed by atoms with Gasteiger partial charge in [-0.1, -0.05) is 0 Å². The minimum absolute atomic E-state index is 0. The summed E-state index contributed by atoms with van der Waals surface area (Å²) in [5.74, 6) is 0. The van der Waals surface area contributed by atoms with Crippen molar-refractivity contribution in [1.29, 1.82) is 0 Å². The van der Waals surface area contributed by atoms with Gasteiger partial charge >= 0.3 is 0 Å². The summed E-state index contributed by atoms with van der Waals surface area (Å²) in [6, 6.07) is 0. The van der Waals surface area contributed by atoms with Crippen LogP contribution in [0.5, 0.6) is 0 Å². The van der Waals surface area contributed by atoms with Crippen LogP contribution in [0.2, 0.25) is 0 Å². The second kappa shape index (κ2) is 3.42. The molecule has 5 heteroatoms. The lowest BCUT2D eigenvalue weighted by Crippen LogP contribution is -1.74. The van der Waals surface area contributed by atoms with Crippen LogP contribution in [-0.2, 0) is 7.01 Å². The summed E-state index contributed by atoms with van der Waals surface area (Å²) in [6.45, 7) is 0. The molecule has 2 nitrogen and oxygen atoms in total.